The van der Waals surface area contributed by atoms with Crippen LogP contribution in [0.2, 0.25) is 0 Å². The van der Waals surface area contributed by atoms with Gasteiger partial charge in [0, 0.05) is 24.8 Å². The number of aromatic nitrogens is 1. The van der Waals surface area contributed by atoms with Gasteiger partial charge in [-0.1, -0.05) is 13.8 Å². The van der Waals surface area contributed by atoms with Gasteiger partial charge in [-0.25, -0.2) is 9.78 Å². The summed E-state index contributed by atoms with van der Waals surface area (Å²) in [5.41, 5.74) is 6.91. The van der Waals surface area contributed by atoms with Gasteiger partial charge >= 0.3 is 5.97 Å². The highest BCUT2D eigenvalue weighted by Crippen LogP contribution is 2.19. The predicted octanol–water partition coefficient (Wildman–Crippen LogP) is 2.08. The quantitative estimate of drug-likeness (QED) is 0.784. The van der Waals surface area contributed by atoms with E-state index in [1.54, 1.807) is 12.1 Å². The first-order valence-corrected chi connectivity index (χ1v) is 6.23. The summed E-state index contributed by atoms with van der Waals surface area (Å²) in [6.07, 6.45) is 2.07. The molecular weight excluding hydrogens is 230 g/mol. The fourth-order valence-electron chi connectivity index (χ4n) is 1.84. The summed E-state index contributed by atoms with van der Waals surface area (Å²) in [5, 5.41) is 0. The molecule has 0 aliphatic heterocycles. The molecule has 0 saturated heterocycles. The zero-order chi connectivity index (χ0) is 13.5. The number of esters is 1. The van der Waals surface area contributed by atoms with Crippen LogP contribution < -0.4 is 10.6 Å². The topological polar surface area (TPSA) is 68.5 Å². The number of carbonyl (C=O) groups is 1. The van der Waals surface area contributed by atoms with E-state index in [9.17, 15) is 4.79 Å². The lowest BCUT2D eigenvalue weighted by Crippen LogP contribution is -2.25. The third kappa shape index (κ3) is 3.61. The van der Waals surface area contributed by atoms with Gasteiger partial charge < -0.3 is 15.4 Å². The van der Waals surface area contributed by atoms with Crippen molar-refractivity contribution in [2.45, 2.75) is 26.7 Å². The lowest BCUT2D eigenvalue weighted by atomic mass is 10.2. The molecule has 0 atom stereocenters. The molecule has 0 amide bonds. The number of hydrogen-bond acceptors (Lipinski definition) is 5. The largest absolute Gasteiger partial charge is 0.464 e. The Morgan fingerprint density at radius 2 is 1.94 bits per heavy atom. The average Bonchev–Trinajstić information content (AvgIpc) is 2.36. The zero-order valence-electron chi connectivity index (χ0n) is 11.3. The number of carbonyl (C=O) groups excluding carboxylic acids is 1. The van der Waals surface area contributed by atoms with Gasteiger partial charge in [0.25, 0.3) is 0 Å². The van der Waals surface area contributed by atoms with Crippen molar-refractivity contribution >= 4 is 17.5 Å². The minimum absolute atomic E-state index is 0.254. The van der Waals surface area contributed by atoms with Crippen molar-refractivity contribution < 1.29 is 9.53 Å². The van der Waals surface area contributed by atoms with E-state index < -0.39 is 5.97 Å². The van der Waals surface area contributed by atoms with Gasteiger partial charge in [-0.15, -0.1) is 0 Å². The molecule has 100 valence electrons. The Bertz CT molecular complexity index is 401. The van der Waals surface area contributed by atoms with E-state index in [-0.39, 0.29) is 5.69 Å². The summed E-state index contributed by atoms with van der Waals surface area (Å²) in [5.74, 6) is -0.124. The third-order valence-corrected chi connectivity index (χ3v) is 2.58. The molecule has 0 radical (unpaired) electrons. The molecule has 1 rings (SSSR count). The van der Waals surface area contributed by atoms with Crippen molar-refractivity contribution in [3.05, 3.63) is 17.8 Å². The molecular formula is C13H21N3O2. The van der Waals surface area contributed by atoms with E-state index in [0.29, 0.717) is 5.82 Å². The maximum atomic E-state index is 11.5. The minimum atomic E-state index is -0.462. The fraction of sp³-hybridized carbons (Fsp3) is 0.538. The van der Waals surface area contributed by atoms with Crippen LogP contribution in [-0.4, -0.2) is 31.2 Å². The van der Waals surface area contributed by atoms with Gasteiger partial charge in [0.2, 0.25) is 0 Å². The summed E-state index contributed by atoms with van der Waals surface area (Å²) >= 11 is 0. The highest BCUT2D eigenvalue weighted by molar-refractivity contribution is 5.89. The smallest absolute Gasteiger partial charge is 0.356 e. The predicted molar refractivity (Wildman–Crippen MR) is 72.8 cm³/mol. The van der Waals surface area contributed by atoms with Crippen LogP contribution in [0, 0.1) is 0 Å². The van der Waals surface area contributed by atoms with Crippen LogP contribution in [0.3, 0.4) is 0 Å². The Morgan fingerprint density at radius 1 is 1.33 bits per heavy atom. The average molecular weight is 251 g/mol. The molecule has 0 aliphatic carbocycles. The zero-order valence-corrected chi connectivity index (χ0v) is 11.3. The van der Waals surface area contributed by atoms with E-state index in [4.69, 9.17) is 5.73 Å². The second-order valence-corrected chi connectivity index (χ2v) is 4.11. The lowest BCUT2D eigenvalue weighted by molar-refractivity contribution is 0.0594. The first-order chi connectivity index (χ1) is 8.62. The number of ether oxygens (including phenoxy) is 1. The maximum absolute atomic E-state index is 11.5. The summed E-state index contributed by atoms with van der Waals surface area (Å²) in [4.78, 5) is 17.7. The fourth-order valence-corrected chi connectivity index (χ4v) is 1.84. The van der Waals surface area contributed by atoms with Gasteiger partial charge in [0.15, 0.2) is 5.69 Å². The van der Waals surface area contributed by atoms with E-state index in [1.807, 2.05) is 0 Å². The number of methoxy groups -OCH3 is 1. The summed E-state index contributed by atoms with van der Waals surface area (Å²) in [6, 6.07) is 3.52. The molecule has 1 heterocycles. The van der Waals surface area contributed by atoms with Crippen molar-refractivity contribution in [3.8, 4) is 0 Å². The summed E-state index contributed by atoms with van der Waals surface area (Å²) < 4.78 is 4.67. The second kappa shape index (κ2) is 6.83. The lowest BCUT2D eigenvalue weighted by Gasteiger charge is -2.24. The number of hydrogen-bond donors (Lipinski definition) is 1. The Balaban J connectivity index is 3.05. The highest BCUT2D eigenvalue weighted by Gasteiger charge is 2.13. The van der Waals surface area contributed by atoms with Crippen LogP contribution in [0.1, 0.15) is 37.2 Å². The molecule has 0 unspecified atom stereocenters. The Hall–Kier alpha value is -1.78. The summed E-state index contributed by atoms with van der Waals surface area (Å²) in [6.45, 7) is 6.10. The molecule has 5 heteroatoms. The van der Waals surface area contributed by atoms with E-state index >= 15 is 0 Å². The monoisotopic (exact) mass is 251 g/mol. The molecule has 2 N–H and O–H groups in total. The molecule has 0 fully saturated rings. The van der Waals surface area contributed by atoms with Crippen LogP contribution in [0.5, 0.6) is 0 Å². The van der Waals surface area contributed by atoms with Crippen LogP contribution in [-0.2, 0) is 4.74 Å². The highest BCUT2D eigenvalue weighted by atomic mass is 16.5. The SMILES string of the molecule is CCCN(CCC)c1cc(N)nc(C(=O)OC)c1. The number of nitrogens with two attached hydrogens (primary N) is 1. The van der Waals surface area contributed by atoms with Crippen molar-refractivity contribution in [3.63, 3.8) is 0 Å². The van der Waals surface area contributed by atoms with E-state index in [1.165, 1.54) is 7.11 Å². The molecule has 1 aromatic heterocycles. The molecule has 18 heavy (non-hydrogen) atoms. The van der Waals surface area contributed by atoms with Gasteiger partial charge in [0.05, 0.1) is 7.11 Å². The number of rotatable bonds is 6. The van der Waals surface area contributed by atoms with Crippen molar-refractivity contribution in [2.24, 2.45) is 0 Å². The van der Waals surface area contributed by atoms with Crippen LogP contribution in [0.25, 0.3) is 0 Å². The normalized spacial score (nSPS) is 10.2. The summed E-state index contributed by atoms with van der Waals surface area (Å²) in [7, 11) is 1.34. The van der Waals surface area contributed by atoms with Gasteiger partial charge in [-0.3, -0.25) is 0 Å². The Kier molecular flexibility index (Phi) is 5.42. The van der Waals surface area contributed by atoms with Crippen molar-refractivity contribution in [1.29, 1.82) is 0 Å². The Morgan fingerprint density at radius 3 is 2.44 bits per heavy atom. The van der Waals surface area contributed by atoms with Crippen LogP contribution in [0.4, 0.5) is 11.5 Å². The van der Waals surface area contributed by atoms with Gasteiger partial charge in [-0.2, -0.15) is 0 Å². The molecule has 0 spiro atoms. The molecule has 0 aliphatic rings. The Labute approximate surface area is 108 Å². The molecule has 1 aromatic rings. The number of nitrogens with zero attached hydrogens (tertiary/aromatic N) is 2. The standard InChI is InChI=1S/C13H21N3O2/c1-4-6-16(7-5-2)10-8-11(13(17)18-3)15-12(14)9-10/h8-9H,4-7H2,1-3H3,(H2,14,15). The van der Waals surface area contributed by atoms with Crippen LogP contribution in [0.15, 0.2) is 12.1 Å². The number of nitrogen functional groups attached to an aromatic ring is 1. The first kappa shape index (κ1) is 14.3. The number of pyridine rings is 1. The molecule has 0 aromatic carbocycles. The molecule has 0 bridgehead atoms. The first-order valence-electron chi connectivity index (χ1n) is 6.23. The van der Waals surface area contributed by atoms with Crippen LogP contribution >= 0.6 is 0 Å². The van der Waals surface area contributed by atoms with E-state index in [0.717, 1.165) is 31.6 Å². The second-order valence-electron chi connectivity index (χ2n) is 4.11. The molecule has 5 nitrogen and oxygen atoms in total. The maximum Gasteiger partial charge on any atom is 0.356 e. The third-order valence-electron chi connectivity index (χ3n) is 2.58. The van der Waals surface area contributed by atoms with Crippen molar-refractivity contribution in [2.75, 3.05) is 30.8 Å². The van der Waals surface area contributed by atoms with E-state index in [2.05, 4.69) is 28.5 Å². The van der Waals surface area contributed by atoms with Gasteiger partial charge in [-0.05, 0) is 18.9 Å². The number of anilines is 2. The van der Waals surface area contributed by atoms with Gasteiger partial charge in [0.1, 0.15) is 5.82 Å². The molecule has 0 saturated carbocycles. The van der Waals surface area contributed by atoms with Crippen molar-refractivity contribution in [1.82, 2.24) is 4.98 Å². The minimum Gasteiger partial charge on any atom is -0.464 e.